The van der Waals surface area contributed by atoms with Crippen LogP contribution in [0.25, 0.3) is 0 Å². The summed E-state index contributed by atoms with van der Waals surface area (Å²) in [4.78, 5) is 14.6. The van der Waals surface area contributed by atoms with E-state index in [2.05, 4.69) is 31.0 Å². The third-order valence-corrected chi connectivity index (χ3v) is 5.60. The summed E-state index contributed by atoms with van der Waals surface area (Å²) in [6.07, 6.45) is 6.69. The largest absolute Gasteiger partial charge is 0.368 e. The molecule has 2 rings (SSSR count). The van der Waals surface area contributed by atoms with Crippen LogP contribution < -0.4 is 11.1 Å². The molecule has 3 N–H and O–H groups in total. The van der Waals surface area contributed by atoms with Crippen LogP contribution in [-0.2, 0) is 4.79 Å². The summed E-state index contributed by atoms with van der Waals surface area (Å²) in [5, 5.41) is 3.39. The summed E-state index contributed by atoms with van der Waals surface area (Å²) in [5.41, 5.74) is 5.25. The number of hydrogen-bond donors (Lipinski definition) is 2. The van der Waals surface area contributed by atoms with Crippen LogP contribution in [0.1, 0.15) is 59.3 Å². The van der Waals surface area contributed by atoms with E-state index in [-0.39, 0.29) is 5.91 Å². The van der Waals surface area contributed by atoms with Gasteiger partial charge in [0.2, 0.25) is 5.91 Å². The Morgan fingerprint density at radius 1 is 1.35 bits per heavy atom. The molecule has 2 aliphatic rings. The van der Waals surface area contributed by atoms with Crippen molar-refractivity contribution < 1.29 is 4.79 Å². The van der Waals surface area contributed by atoms with Crippen LogP contribution in [0.5, 0.6) is 0 Å². The number of carbonyl (C=O) groups is 1. The van der Waals surface area contributed by atoms with Gasteiger partial charge >= 0.3 is 0 Å². The van der Waals surface area contributed by atoms with Gasteiger partial charge in [0.1, 0.15) is 0 Å². The summed E-state index contributed by atoms with van der Waals surface area (Å²) >= 11 is 0. The minimum atomic E-state index is -0.474. The van der Waals surface area contributed by atoms with Gasteiger partial charge in [0.15, 0.2) is 0 Å². The zero-order valence-corrected chi connectivity index (χ0v) is 13.3. The molecule has 4 heteroatoms. The van der Waals surface area contributed by atoms with E-state index < -0.39 is 5.54 Å². The molecule has 0 aromatic carbocycles. The van der Waals surface area contributed by atoms with Crippen molar-refractivity contribution in [2.75, 3.05) is 13.1 Å². The molecule has 1 saturated heterocycles. The summed E-state index contributed by atoms with van der Waals surface area (Å²) in [6, 6.07) is 1.13. The van der Waals surface area contributed by atoms with Crippen LogP contribution >= 0.6 is 0 Å². The molecule has 1 aliphatic heterocycles. The van der Waals surface area contributed by atoms with Crippen molar-refractivity contribution >= 4 is 5.91 Å². The van der Waals surface area contributed by atoms with E-state index in [4.69, 9.17) is 5.73 Å². The molecule has 1 amide bonds. The second-order valence-electron chi connectivity index (χ2n) is 6.82. The van der Waals surface area contributed by atoms with Gasteiger partial charge in [-0.25, -0.2) is 0 Å². The topological polar surface area (TPSA) is 58.4 Å². The smallest absolute Gasteiger partial charge is 0.237 e. The monoisotopic (exact) mass is 281 g/mol. The molecule has 0 radical (unpaired) electrons. The van der Waals surface area contributed by atoms with Gasteiger partial charge in [-0.3, -0.25) is 9.69 Å². The molecule has 1 aliphatic carbocycles. The summed E-state index contributed by atoms with van der Waals surface area (Å²) in [6.45, 7) is 8.74. The van der Waals surface area contributed by atoms with Crippen molar-refractivity contribution in [1.82, 2.24) is 10.2 Å². The van der Waals surface area contributed by atoms with Crippen molar-refractivity contribution in [3.63, 3.8) is 0 Å². The lowest BCUT2D eigenvalue weighted by Gasteiger charge is -2.48. The molecule has 1 saturated carbocycles. The number of nitrogens with two attached hydrogens (primary N) is 1. The van der Waals surface area contributed by atoms with E-state index in [1.807, 2.05) is 0 Å². The molecule has 0 aromatic heterocycles. The Morgan fingerprint density at radius 2 is 2.10 bits per heavy atom. The third-order valence-electron chi connectivity index (χ3n) is 5.60. The lowest BCUT2D eigenvalue weighted by Crippen LogP contribution is -2.62. The van der Waals surface area contributed by atoms with Crippen molar-refractivity contribution in [1.29, 1.82) is 0 Å². The highest BCUT2D eigenvalue weighted by atomic mass is 16.1. The average molecular weight is 281 g/mol. The van der Waals surface area contributed by atoms with E-state index in [0.29, 0.717) is 12.1 Å². The minimum Gasteiger partial charge on any atom is -0.368 e. The van der Waals surface area contributed by atoms with Gasteiger partial charge in [-0.1, -0.05) is 13.8 Å². The van der Waals surface area contributed by atoms with Crippen LogP contribution in [0.3, 0.4) is 0 Å². The van der Waals surface area contributed by atoms with Crippen molar-refractivity contribution in [3.8, 4) is 0 Å². The van der Waals surface area contributed by atoms with E-state index in [9.17, 15) is 4.79 Å². The molecular formula is C16H31N3O. The number of nitrogens with zero attached hydrogens (tertiary/aromatic N) is 1. The normalized spacial score (nSPS) is 39.6. The molecule has 4 unspecified atom stereocenters. The molecule has 4 atom stereocenters. The minimum absolute atomic E-state index is 0.165. The van der Waals surface area contributed by atoms with E-state index in [0.717, 1.165) is 31.7 Å². The molecule has 0 bridgehead atoms. The highest BCUT2D eigenvalue weighted by Gasteiger charge is 2.43. The maximum absolute atomic E-state index is 12.0. The van der Waals surface area contributed by atoms with Gasteiger partial charge in [0.25, 0.3) is 0 Å². The van der Waals surface area contributed by atoms with Crippen LogP contribution in [0, 0.1) is 5.92 Å². The maximum atomic E-state index is 12.0. The number of amides is 1. The molecule has 4 nitrogen and oxygen atoms in total. The Hall–Kier alpha value is -0.610. The Labute approximate surface area is 123 Å². The highest BCUT2D eigenvalue weighted by Crippen LogP contribution is 2.35. The number of likely N-dealkylation sites (N-methyl/N-ethyl adjacent to an activating group) is 1. The molecular weight excluding hydrogens is 250 g/mol. The first kappa shape index (κ1) is 15.8. The van der Waals surface area contributed by atoms with Crippen molar-refractivity contribution in [2.24, 2.45) is 11.7 Å². The lowest BCUT2D eigenvalue weighted by atomic mass is 9.76. The first-order valence-electron chi connectivity index (χ1n) is 8.31. The SMILES string of the molecule is CCNC1(C(N)=O)CCCC(N2CCCC(C)C2C)C1. The van der Waals surface area contributed by atoms with Crippen LogP contribution in [0.15, 0.2) is 0 Å². The average Bonchev–Trinajstić information content (AvgIpc) is 2.42. The second-order valence-corrected chi connectivity index (χ2v) is 6.82. The second kappa shape index (κ2) is 6.44. The molecule has 1 heterocycles. The fraction of sp³-hybridized carbons (Fsp3) is 0.938. The fourth-order valence-electron chi connectivity index (χ4n) is 4.22. The predicted octanol–water partition coefficient (Wildman–Crippen LogP) is 1.88. The van der Waals surface area contributed by atoms with Gasteiger partial charge in [-0.15, -0.1) is 0 Å². The van der Waals surface area contributed by atoms with Crippen molar-refractivity contribution in [3.05, 3.63) is 0 Å². The first-order chi connectivity index (χ1) is 9.50. The van der Waals surface area contributed by atoms with Gasteiger partial charge in [0, 0.05) is 12.1 Å². The number of carbonyl (C=O) groups excluding carboxylic acids is 1. The van der Waals surface area contributed by atoms with Gasteiger partial charge in [-0.05, 0) is 64.5 Å². The van der Waals surface area contributed by atoms with Crippen LogP contribution in [0.2, 0.25) is 0 Å². The van der Waals surface area contributed by atoms with Gasteiger partial charge in [-0.2, -0.15) is 0 Å². The maximum Gasteiger partial charge on any atom is 0.237 e. The molecule has 20 heavy (non-hydrogen) atoms. The number of piperidine rings is 1. The summed E-state index contributed by atoms with van der Waals surface area (Å²) in [5.74, 6) is 0.592. The van der Waals surface area contributed by atoms with E-state index >= 15 is 0 Å². The number of hydrogen-bond acceptors (Lipinski definition) is 3. The first-order valence-corrected chi connectivity index (χ1v) is 8.31. The van der Waals surface area contributed by atoms with Gasteiger partial charge in [0.05, 0.1) is 5.54 Å². The molecule has 0 spiro atoms. The Kier molecular flexibility index (Phi) is 5.08. The standard InChI is InChI=1S/C16H31N3O/c1-4-18-16(15(17)20)9-5-8-14(11-16)19-10-6-7-12(2)13(19)3/h12-14,18H,4-11H2,1-3H3,(H2,17,20). The molecule has 2 fully saturated rings. The number of primary amides is 1. The molecule has 116 valence electrons. The van der Waals surface area contributed by atoms with Crippen LogP contribution in [0.4, 0.5) is 0 Å². The van der Waals surface area contributed by atoms with E-state index in [1.54, 1.807) is 0 Å². The summed E-state index contributed by atoms with van der Waals surface area (Å²) < 4.78 is 0. The Balaban J connectivity index is 2.10. The third kappa shape index (κ3) is 3.01. The number of likely N-dealkylation sites (tertiary alicyclic amines) is 1. The van der Waals surface area contributed by atoms with Crippen LogP contribution in [-0.4, -0.2) is 41.5 Å². The Bertz CT molecular complexity index is 343. The quantitative estimate of drug-likeness (QED) is 0.827. The zero-order chi connectivity index (χ0) is 14.8. The van der Waals surface area contributed by atoms with Gasteiger partial charge < -0.3 is 11.1 Å². The number of nitrogens with one attached hydrogen (secondary N) is 1. The molecule has 0 aromatic rings. The lowest BCUT2D eigenvalue weighted by molar-refractivity contribution is -0.127. The predicted molar refractivity (Wildman–Crippen MR) is 82.4 cm³/mol. The summed E-state index contributed by atoms with van der Waals surface area (Å²) in [7, 11) is 0. The number of rotatable bonds is 4. The van der Waals surface area contributed by atoms with E-state index in [1.165, 1.54) is 25.8 Å². The Morgan fingerprint density at radius 3 is 2.75 bits per heavy atom. The highest BCUT2D eigenvalue weighted by molar-refractivity contribution is 5.84. The fourth-order valence-corrected chi connectivity index (χ4v) is 4.22. The zero-order valence-electron chi connectivity index (χ0n) is 13.3. The van der Waals surface area contributed by atoms with Crippen molar-refractivity contribution in [2.45, 2.75) is 76.9 Å².